The van der Waals surface area contributed by atoms with Crippen LogP contribution in [0.2, 0.25) is 0 Å². The largest absolute Gasteiger partial charge is 0.497 e. The van der Waals surface area contributed by atoms with E-state index < -0.39 is 17.7 Å². The summed E-state index contributed by atoms with van der Waals surface area (Å²) in [5, 5.41) is 12.1. The number of benzene rings is 2. The van der Waals surface area contributed by atoms with Crippen molar-refractivity contribution in [3.63, 3.8) is 0 Å². The number of amides is 2. The molecule has 0 aliphatic rings. The first-order chi connectivity index (χ1) is 13.5. The Hall–Kier alpha value is -3.42. The number of hydrogen-bond donors (Lipinski definition) is 3. The predicted octanol–water partition coefficient (Wildman–Crippen LogP) is 4.43. The smallest absolute Gasteiger partial charge is 0.323 e. The number of H-pyrrole nitrogens is 1. The van der Waals surface area contributed by atoms with Crippen LogP contribution in [0, 0.1) is 18.6 Å². The molecule has 0 aliphatic heterocycles. The highest BCUT2D eigenvalue weighted by molar-refractivity contribution is 6.00. The standard InChI is InChI=1S/C20H20F2N4O2/c1-12-19(24-20(27)23-17-10-6-14(21)11-16(17)22)18(26-25-12)9-5-13-3-7-15(28-2)8-4-13/h3-4,6-8,10-11H,5,9H2,1-2H3,(H,25,26)(H2,23,24,27). The number of nitrogens with one attached hydrogen (secondary N) is 3. The molecule has 0 saturated carbocycles. The molecule has 2 aromatic carbocycles. The number of aromatic amines is 1. The van der Waals surface area contributed by atoms with Gasteiger partial charge < -0.3 is 15.4 Å². The fraction of sp³-hybridized carbons (Fsp3) is 0.200. The van der Waals surface area contributed by atoms with E-state index in [4.69, 9.17) is 4.74 Å². The molecule has 0 radical (unpaired) electrons. The lowest BCUT2D eigenvalue weighted by Gasteiger charge is -2.10. The molecule has 0 bridgehead atoms. The fourth-order valence-electron chi connectivity index (χ4n) is 2.74. The van der Waals surface area contributed by atoms with Crippen molar-refractivity contribution in [3.05, 3.63) is 71.1 Å². The van der Waals surface area contributed by atoms with Gasteiger partial charge in [-0.15, -0.1) is 0 Å². The highest BCUT2D eigenvalue weighted by Crippen LogP contribution is 2.21. The number of carbonyl (C=O) groups is 1. The molecule has 3 rings (SSSR count). The molecule has 0 spiro atoms. The van der Waals surface area contributed by atoms with E-state index in [1.807, 2.05) is 24.3 Å². The fourth-order valence-corrected chi connectivity index (χ4v) is 2.74. The Balaban J connectivity index is 1.65. The molecular weight excluding hydrogens is 366 g/mol. The maximum Gasteiger partial charge on any atom is 0.323 e. The number of methoxy groups -OCH3 is 1. The van der Waals surface area contributed by atoms with Crippen LogP contribution in [0.1, 0.15) is 17.0 Å². The molecule has 3 N–H and O–H groups in total. The first-order valence-electron chi connectivity index (χ1n) is 8.66. The maximum absolute atomic E-state index is 13.7. The monoisotopic (exact) mass is 386 g/mol. The van der Waals surface area contributed by atoms with Gasteiger partial charge in [0.15, 0.2) is 0 Å². The topological polar surface area (TPSA) is 79.0 Å². The zero-order valence-electron chi connectivity index (χ0n) is 15.5. The average molecular weight is 386 g/mol. The van der Waals surface area contributed by atoms with Gasteiger partial charge in [-0.2, -0.15) is 5.10 Å². The van der Waals surface area contributed by atoms with Crippen molar-refractivity contribution >= 4 is 17.4 Å². The van der Waals surface area contributed by atoms with Crippen LogP contribution in [0.25, 0.3) is 0 Å². The van der Waals surface area contributed by atoms with Crippen LogP contribution in [-0.4, -0.2) is 23.3 Å². The van der Waals surface area contributed by atoms with E-state index in [-0.39, 0.29) is 5.69 Å². The third-order valence-electron chi connectivity index (χ3n) is 4.25. The Morgan fingerprint density at radius 1 is 1.11 bits per heavy atom. The summed E-state index contributed by atoms with van der Waals surface area (Å²) in [5.41, 5.74) is 2.89. The molecular formula is C20H20F2N4O2. The molecule has 0 fully saturated rings. The Labute approximate surface area is 160 Å². The Kier molecular flexibility index (Phi) is 5.88. The van der Waals surface area contributed by atoms with Gasteiger partial charge in [-0.3, -0.25) is 5.10 Å². The molecule has 0 aliphatic carbocycles. The number of carbonyl (C=O) groups excluding carboxylic acids is 1. The Morgan fingerprint density at radius 2 is 1.86 bits per heavy atom. The lowest BCUT2D eigenvalue weighted by molar-refractivity contribution is 0.262. The second kappa shape index (κ2) is 8.51. The molecule has 1 aromatic heterocycles. The van der Waals surface area contributed by atoms with Crippen molar-refractivity contribution in [1.29, 1.82) is 0 Å². The molecule has 6 nitrogen and oxygen atoms in total. The van der Waals surface area contributed by atoms with E-state index in [1.165, 1.54) is 0 Å². The van der Waals surface area contributed by atoms with E-state index in [0.717, 1.165) is 29.9 Å². The van der Waals surface area contributed by atoms with Gasteiger partial charge in [0.1, 0.15) is 17.4 Å². The van der Waals surface area contributed by atoms with Crippen molar-refractivity contribution in [1.82, 2.24) is 10.2 Å². The predicted molar refractivity (Wildman–Crippen MR) is 103 cm³/mol. The summed E-state index contributed by atoms with van der Waals surface area (Å²) in [6.07, 6.45) is 1.31. The number of aryl methyl sites for hydroxylation is 3. The summed E-state index contributed by atoms with van der Waals surface area (Å²) in [6, 6.07) is 10.0. The minimum Gasteiger partial charge on any atom is -0.497 e. The quantitative estimate of drug-likeness (QED) is 0.586. The molecule has 8 heteroatoms. The zero-order valence-corrected chi connectivity index (χ0v) is 15.5. The van der Waals surface area contributed by atoms with E-state index >= 15 is 0 Å². The van der Waals surface area contributed by atoms with Crippen LogP contribution in [0.15, 0.2) is 42.5 Å². The SMILES string of the molecule is COc1ccc(CCc2n[nH]c(C)c2NC(=O)Nc2ccc(F)cc2F)cc1. The van der Waals surface area contributed by atoms with E-state index in [9.17, 15) is 13.6 Å². The van der Waals surface area contributed by atoms with Crippen LogP contribution >= 0.6 is 0 Å². The van der Waals surface area contributed by atoms with Crippen molar-refractivity contribution < 1.29 is 18.3 Å². The minimum absolute atomic E-state index is 0.111. The van der Waals surface area contributed by atoms with Gasteiger partial charge in [0.05, 0.1) is 29.9 Å². The molecule has 0 unspecified atom stereocenters. The van der Waals surface area contributed by atoms with Crippen LogP contribution < -0.4 is 15.4 Å². The summed E-state index contributed by atoms with van der Waals surface area (Å²) in [7, 11) is 1.61. The Bertz CT molecular complexity index is 971. The summed E-state index contributed by atoms with van der Waals surface area (Å²) >= 11 is 0. The van der Waals surface area contributed by atoms with Crippen LogP contribution in [0.5, 0.6) is 5.75 Å². The van der Waals surface area contributed by atoms with E-state index in [1.54, 1.807) is 14.0 Å². The number of aromatic nitrogens is 2. The second-order valence-electron chi connectivity index (χ2n) is 6.22. The van der Waals surface area contributed by atoms with Crippen LogP contribution in [0.3, 0.4) is 0 Å². The highest BCUT2D eigenvalue weighted by atomic mass is 19.1. The molecule has 146 valence electrons. The molecule has 0 saturated heterocycles. The van der Waals surface area contributed by atoms with Crippen LogP contribution in [-0.2, 0) is 12.8 Å². The normalized spacial score (nSPS) is 10.6. The lowest BCUT2D eigenvalue weighted by Crippen LogP contribution is -2.21. The highest BCUT2D eigenvalue weighted by Gasteiger charge is 2.15. The number of ether oxygens (including phenoxy) is 1. The molecule has 0 atom stereocenters. The number of halogens is 2. The minimum atomic E-state index is -0.848. The number of urea groups is 1. The van der Waals surface area contributed by atoms with Crippen molar-refractivity contribution in [3.8, 4) is 5.75 Å². The second-order valence-corrected chi connectivity index (χ2v) is 6.22. The number of anilines is 2. The molecule has 1 heterocycles. The summed E-state index contributed by atoms with van der Waals surface area (Å²) in [6.45, 7) is 1.78. The Morgan fingerprint density at radius 3 is 2.54 bits per heavy atom. The average Bonchev–Trinajstić information content (AvgIpc) is 3.02. The van der Waals surface area contributed by atoms with E-state index in [2.05, 4.69) is 20.8 Å². The number of nitrogens with zero attached hydrogens (tertiary/aromatic N) is 1. The van der Waals surface area contributed by atoms with Crippen LogP contribution in [0.4, 0.5) is 25.0 Å². The van der Waals surface area contributed by atoms with Gasteiger partial charge in [-0.1, -0.05) is 12.1 Å². The summed E-state index contributed by atoms with van der Waals surface area (Å²) in [4.78, 5) is 12.2. The first kappa shape index (κ1) is 19.3. The molecule has 3 aromatic rings. The van der Waals surface area contributed by atoms with Crippen molar-refractivity contribution in [2.75, 3.05) is 17.7 Å². The van der Waals surface area contributed by atoms with Gasteiger partial charge in [0, 0.05) is 6.07 Å². The summed E-state index contributed by atoms with van der Waals surface area (Å²) < 4.78 is 31.8. The van der Waals surface area contributed by atoms with Gasteiger partial charge in [0.25, 0.3) is 0 Å². The zero-order chi connectivity index (χ0) is 20.1. The number of hydrogen-bond acceptors (Lipinski definition) is 3. The van der Waals surface area contributed by atoms with Gasteiger partial charge in [-0.05, 0) is 49.6 Å². The van der Waals surface area contributed by atoms with Gasteiger partial charge >= 0.3 is 6.03 Å². The molecule has 28 heavy (non-hydrogen) atoms. The lowest BCUT2D eigenvalue weighted by atomic mass is 10.1. The van der Waals surface area contributed by atoms with E-state index in [0.29, 0.717) is 29.6 Å². The third kappa shape index (κ3) is 4.64. The maximum atomic E-state index is 13.7. The first-order valence-corrected chi connectivity index (χ1v) is 8.66. The molecule has 2 amide bonds. The van der Waals surface area contributed by atoms with Crippen molar-refractivity contribution in [2.24, 2.45) is 0 Å². The van der Waals surface area contributed by atoms with Gasteiger partial charge in [-0.25, -0.2) is 13.6 Å². The number of rotatable bonds is 6. The third-order valence-corrected chi connectivity index (χ3v) is 4.25. The summed E-state index contributed by atoms with van der Waals surface area (Å²) in [5.74, 6) is -0.778. The van der Waals surface area contributed by atoms with Gasteiger partial charge in [0.2, 0.25) is 0 Å². The van der Waals surface area contributed by atoms with Crippen molar-refractivity contribution in [2.45, 2.75) is 19.8 Å².